The molecule has 0 unspecified atom stereocenters. The van der Waals surface area contributed by atoms with Crippen molar-refractivity contribution in [3.8, 4) is 11.5 Å². The monoisotopic (exact) mass is 295 g/mol. The zero-order valence-corrected chi connectivity index (χ0v) is 12.3. The number of benzene rings is 1. The smallest absolute Gasteiger partial charge is 0.251 e. The molecule has 112 valence electrons. The standard InChI is InChI=1S/C17H17N3O2/c1-12-5-2-3-6-13(12)17(21)18-9-8-16-19-11-14(20-16)15-7-4-10-22-15/h2-7,10-11H,8-9H2,1H3,(H,18,21)(H,19,20). The zero-order chi connectivity index (χ0) is 15.4. The van der Waals surface area contributed by atoms with E-state index in [9.17, 15) is 4.79 Å². The molecule has 3 aromatic rings. The van der Waals surface area contributed by atoms with Gasteiger partial charge in [-0.15, -0.1) is 0 Å². The highest BCUT2D eigenvalue weighted by molar-refractivity contribution is 5.95. The summed E-state index contributed by atoms with van der Waals surface area (Å²) < 4.78 is 5.31. The van der Waals surface area contributed by atoms with E-state index >= 15 is 0 Å². The second-order valence-corrected chi connectivity index (χ2v) is 5.04. The van der Waals surface area contributed by atoms with E-state index < -0.39 is 0 Å². The number of rotatable bonds is 5. The second-order valence-electron chi connectivity index (χ2n) is 5.04. The van der Waals surface area contributed by atoms with Gasteiger partial charge >= 0.3 is 0 Å². The van der Waals surface area contributed by atoms with E-state index in [1.165, 1.54) is 0 Å². The predicted octanol–water partition coefficient (Wildman–Crippen LogP) is 2.95. The Kier molecular flexibility index (Phi) is 4.05. The molecule has 0 aliphatic rings. The van der Waals surface area contributed by atoms with Gasteiger partial charge in [0.2, 0.25) is 0 Å². The van der Waals surface area contributed by atoms with E-state index in [-0.39, 0.29) is 5.91 Å². The topological polar surface area (TPSA) is 70.9 Å². The lowest BCUT2D eigenvalue weighted by molar-refractivity contribution is 0.0953. The number of nitrogens with one attached hydrogen (secondary N) is 2. The average Bonchev–Trinajstić information content (AvgIpc) is 3.18. The number of H-pyrrole nitrogens is 1. The number of aromatic nitrogens is 2. The van der Waals surface area contributed by atoms with E-state index in [1.54, 1.807) is 12.5 Å². The number of imidazole rings is 1. The van der Waals surface area contributed by atoms with Crippen molar-refractivity contribution in [3.63, 3.8) is 0 Å². The average molecular weight is 295 g/mol. The summed E-state index contributed by atoms with van der Waals surface area (Å²) in [5.74, 6) is 1.51. The number of amides is 1. The van der Waals surface area contributed by atoms with Gasteiger partial charge in [0.05, 0.1) is 12.5 Å². The summed E-state index contributed by atoms with van der Waals surface area (Å²) in [6, 6.07) is 11.2. The van der Waals surface area contributed by atoms with E-state index in [1.807, 2.05) is 43.3 Å². The second kappa shape index (κ2) is 6.30. The van der Waals surface area contributed by atoms with Crippen molar-refractivity contribution < 1.29 is 9.21 Å². The maximum absolute atomic E-state index is 12.1. The van der Waals surface area contributed by atoms with E-state index in [4.69, 9.17) is 4.42 Å². The van der Waals surface area contributed by atoms with E-state index in [2.05, 4.69) is 15.3 Å². The predicted molar refractivity (Wildman–Crippen MR) is 83.5 cm³/mol. The number of aromatic amines is 1. The molecule has 3 rings (SSSR count). The molecule has 2 N–H and O–H groups in total. The highest BCUT2D eigenvalue weighted by Gasteiger charge is 2.09. The molecule has 0 radical (unpaired) electrons. The highest BCUT2D eigenvalue weighted by atomic mass is 16.3. The van der Waals surface area contributed by atoms with E-state index in [0.29, 0.717) is 18.5 Å². The highest BCUT2D eigenvalue weighted by Crippen LogP contribution is 2.17. The Morgan fingerprint density at radius 1 is 1.27 bits per heavy atom. The Morgan fingerprint density at radius 2 is 2.14 bits per heavy atom. The van der Waals surface area contributed by atoms with Gasteiger partial charge in [0.15, 0.2) is 5.76 Å². The number of nitrogens with zero attached hydrogens (tertiary/aromatic N) is 1. The van der Waals surface area contributed by atoms with Crippen LogP contribution in [-0.4, -0.2) is 22.4 Å². The third kappa shape index (κ3) is 3.09. The first-order valence-electron chi connectivity index (χ1n) is 7.15. The summed E-state index contributed by atoms with van der Waals surface area (Å²) in [4.78, 5) is 19.6. The van der Waals surface area contributed by atoms with Crippen molar-refractivity contribution >= 4 is 5.91 Å². The Labute approximate surface area is 128 Å². The normalized spacial score (nSPS) is 10.6. The van der Waals surface area contributed by atoms with Crippen molar-refractivity contribution in [3.05, 3.63) is 65.8 Å². The summed E-state index contributed by atoms with van der Waals surface area (Å²) in [6.45, 7) is 2.45. The molecule has 0 saturated carbocycles. The molecule has 0 saturated heterocycles. The van der Waals surface area contributed by atoms with E-state index in [0.717, 1.165) is 22.8 Å². The van der Waals surface area contributed by atoms with Crippen LogP contribution in [0.15, 0.2) is 53.3 Å². The minimum atomic E-state index is -0.0593. The van der Waals surface area contributed by atoms with Crippen LogP contribution in [-0.2, 0) is 6.42 Å². The molecule has 5 heteroatoms. The van der Waals surface area contributed by atoms with Gasteiger partial charge in [-0.2, -0.15) is 0 Å². The SMILES string of the molecule is Cc1ccccc1C(=O)NCCc1ncc(-c2ccco2)[nH]1. The van der Waals surface area contributed by atoms with Crippen LogP contribution in [0.3, 0.4) is 0 Å². The van der Waals surface area contributed by atoms with Crippen molar-refractivity contribution in [2.24, 2.45) is 0 Å². The molecule has 1 aromatic carbocycles. The molecule has 0 aliphatic carbocycles. The van der Waals surface area contributed by atoms with Crippen LogP contribution in [0.5, 0.6) is 0 Å². The zero-order valence-electron chi connectivity index (χ0n) is 12.3. The summed E-state index contributed by atoms with van der Waals surface area (Å²) >= 11 is 0. The third-order valence-corrected chi connectivity index (χ3v) is 3.45. The van der Waals surface area contributed by atoms with Gasteiger partial charge < -0.3 is 14.7 Å². The summed E-state index contributed by atoms with van der Waals surface area (Å²) in [5, 5.41) is 2.91. The van der Waals surface area contributed by atoms with Crippen molar-refractivity contribution in [1.82, 2.24) is 15.3 Å². The molecule has 0 bridgehead atoms. The molecule has 2 aromatic heterocycles. The molecule has 1 amide bonds. The van der Waals surface area contributed by atoms with Gasteiger partial charge in [0.1, 0.15) is 11.5 Å². The summed E-state index contributed by atoms with van der Waals surface area (Å²) in [6.07, 6.45) is 3.99. The van der Waals surface area contributed by atoms with Crippen LogP contribution in [0.25, 0.3) is 11.5 Å². The lowest BCUT2D eigenvalue weighted by Crippen LogP contribution is -2.26. The van der Waals surface area contributed by atoms with Crippen LogP contribution < -0.4 is 5.32 Å². The van der Waals surface area contributed by atoms with Crippen LogP contribution in [0.1, 0.15) is 21.7 Å². The number of hydrogen-bond acceptors (Lipinski definition) is 3. The van der Waals surface area contributed by atoms with Gasteiger partial charge in [0, 0.05) is 18.5 Å². The Bertz CT molecular complexity index is 760. The minimum Gasteiger partial charge on any atom is -0.463 e. The quantitative estimate of drug-likeness (QED) is 0.760. The molecular formula is C17H17N3O2. The van der Waals surface area contributed by atoms with Gasteiger partial charge in [-0.25, -0.2) is 4.98 Å². The number of carbonyl (C=O) groups is 1. The number of hydrogen-bond donors (Lipinski definition) is 2. The van der Waals surface area contributed by atoms with Gasteiger partial charge in [-0.1, -0.05) is 18.2 Å². The first-order chi connectivity index (χ1) is 10.7. The Balaban J connectivity index is 1.55. The molecule has 0 spiro atoms. The van der Waals surface area contributed by atoms with Crippen molar-refractivity contribution in [2.45, 2.75) is 13.3 Å². The number of furan rings is 1. The van der Waals surface area contributed by atoms with Crippen LogP contribution in [0.2, 0.25) is 0 Å². The van der Waals surface area contributed by atoms with Gasteiger partial charge in [-0.3, -0.25) is 4.79 Å². The fourth-order valence-corrected chi connectivity index (χ4v) is 2.26. The van der Waals surface area contributed by atoms with Crippen LogP contribution in [0.4, 0.5) is 0 Å². The molecule has 5 nitrogen and oxygen atoms in total. The molecular weight excluding hydrogens is 278 g/mol. The largest absolute Gasteiger partial charge is 0.463 e. The first-order valence-corrected chi connectivity index (χ1v) is 7.15. The summed E-state index contributed by atoms with van der Waals surface area (Å²) in [7, 11) is 0. The minimum absolute atomic E-state index is 0.0593. The van der Waals surface area contributed by atoms with Crippen LogP contribution >= 0.6 is 0 Å². The first kappa shape index (κ1) is 14.1. The fourth-order valence-electron chi connectivity index (χ4n) is 2.26. The lowest BCUT2D eigenvalue weighted by atomic mass is 10.1. The molecule has 2 heterocycles. The van der Waals surface area contributed by atoms with Crippen molar-refractivity contribution in [1.29, 1.82) is 0 Å². The van der Waals surface area contributed by atoms with Gasteiger partial charge in [-0.05, 0) is 30.7 Å². The maximum atomic E-state index is 12.1. The van der Waals surface area contributed by atoms with Crippen molar-refractivity contribution in [2.75, 3.05) is 6.54 Å². The molecule has 0 aliphatic heterocycles. The third-order valence-electron chi connectivity index (χ3n) is 3.45. The summed E-state index contributed by atoms with van der Waals surface area (Å²) in [5.41, 5.74) is 2.52. The Morgan fingerprint density at radius 3 is 2.91 bits per heavy atom. The number of aryl methyl sites for hydroxylation is 1. The lowest BCUT2D eigenvalue weighted by Gasteiger charge is -2.06. The fraction of sp³-hybridized carbons (Fsp3) is 0.176. The molecule has 22 heavy (non-hydrogen) atoms. The van der Waals surface area contributed by atoms with Crippen LogP contribution in [0, 0.1) is 6.92 Å². The maximum Gasteiger partial charge on any atom is 0.251 e. The molecule has 0 atom stereocenters. The number of carbonyl (C=O) groups excluding carboxylic acids is 1. The van der Waals surface area contributed by atoms with Gasteiger partial charge in [0.25, 0.3) is 5.91 Å². The molecule has 0 fully saturated rings. The Hall–Kier alpha value is -2.82.